The minimum Gasteiger partial charge on any atom is -0.508 e. The molecule has 0 unspecified atom stereocenters. The van der Waals surface area contributed by atoms with Gasteiger partial charge in [0.1, 0.15) is 5.75 Å². The first-order valence-corrected chi connectivity index (χ1v) is 5.92. The lowest BCUT2D eigenvalue weighted by Gasteiger charge is -2.09. The lowest BCUT2D eigenvalue weighted by molar-refractivity contribution is 0.0697. The molecule has 0 aliphatic carbocycles. The van der Waals surface area contributed by atoms with Crippen LogP contribution in [0.3, 0.4) is 0 Å². The molecule has 0 radical (unpaired) electrons. The van der Waals surface area contributed by atoms with Gasteiger partial charge < -0.3 is 15.5 Å². The highest BCUT2D eigenvalue weighted by Crippen LogP contribution is 2.20. The molecule has 19 heavy (non-hydrogen) atoms. The molecule has 98 valence electrons. The molecule has 2 rings (SSSR count). The molecular weight excluding hydrogens is 242 g/mol. The number of carboxylic acids is 1. The van der Waals surface area contributed by atoms with Crippen LogP contribution in [0.4, 0.5) is 5.69 Å². The van der Waals surface area contributed by atoms with Crippen molar-refractivity contribution < 1.29 is 15.0 Å². The zero-order valence-electron chi connectivity index (χ0n) is 10.6. The smallest absolute Gasteiger partial charge is 0.335 e. The van der Waals surface area contributed by atoms with E-state index in [1.54, 1.807) is 30.3 Å². The zero-order chi connectivity index (χ0) is 13.8. The van der Waals surface area contributed by atoms with Gasteiger partial charge >= 0.3 is 5.97 Å². The van der Waals surface area contributed by atoms with Gasteiger partial charge in [0, 0.05) is 17.8 Å². The monoisotopic (exact) mass is 257 g/mol. The second-order valence-corrected chi connectivity index (χ2v) is 4.37. The van der Waals surface area contributed by atoms with Crippen LogP contribution in [0.15, 0.2) is 42.5 Å². The molecule has 0 aliphatic heterocycles. The maximum Gasteiger partial charge on any atom is 0.335 e. The number of phenols is 1. The molecule has 0 bridgehead atoms. The van der Waals surface area contributed by atoms with E-state index in [0.29, 0.717) is 6.54 Å². The lowest BCUT2D eigenvalue weighted by atomic mass is 10.1. The van der Waals surface area contributed by atoms with Crippen molar-refractivity contribution in [1.29, 1.82) is 0 Å². The predicted octanol–water partition coefficient (Wildman–Crippen LogP) is 3.01. The Morgan fingerprint density at radius 1 is 1.16 bits per heavy atom. The van der Waals surface area contributed by atoms with E-state index in [1.165, 1.54) is 0 Å². The molecule has 0 fully saturated rings. The Balaban J connectivity index is 2.06. The van der Waals surface area contributed by atoms with Crippen LogP contribution in [0.1, 0.15) is 21.5 Å². The van der Waals surface area contributed by atoms with Crippen LogP contribution in [0, 0.1) is 6.92 Å². The quantitative estimate of drug-likeness (QED) is 0.787. The summed E-state index contributed by atoms with van der Waals surface area (Å²) in [5, 5.41) is 21.7. The number of rotatable bonds is 4. The maximum absolute atomic E-state index is 10.7. The number of hydrogen-bond acceptors (Lipinski definition) is 3. The fourth-order valence-corrected chi connectivity index (χ4v) is 1.78. The first-order valence-electron chi connectivity index (χ1n) is 5.92. The van der Waals surface area contributed by atoms with Gasteiger partial charge in [0.25, 0.3) is 0 Å². The van der Waals surface area contributed by atoms with Gasteiger partial charge in [0.2, 0.25) is 0 Å². The SMILES string of the molecule is Cc1ccc(O)c(CNc2ccc(C(=O)O)cc2)c1. The molecule has 4 nitrogen and oxygen atoms in total. The zero-order valence-corrected chi connectivity index (χ0v) is 10.6. The molecule has 0 aromatic heterocycles. The van der Waals surface area contributed by atoms with Crippen molar-refractivity contribution in [3.05, 3.63) is 59.2 Å². The molecule has 0 atom stereocenters. The highest BCUT2D eigenvalue weighted by atomic mass is 16.4. The number of hydrogen-bond donors (Lipinski definition) is 3. The highest BCUT2D eigenvalue weighted by Gasteiger charge is 2.03. The Morgan fingerprint density at radius 2 is 1.84 bits per heavy atom. The third-order valence-electron chi connectivity index (χ3n) is 2.85. The summed E-state index contributed by atoms with van der Waals surface area (Å²) in [5.74, 6) is -0.692. The van der Waals surface area contributed by atoms with E-state index in [4.69, 9.17) is 5.11 Å². The van der Waals surface area contributed by atoms with Gasteiger partial charge in [-0.3, -0.25) is 0 Å². The third-order valence-corrected chi connectivity index (χ3v) is 2.85. The van der Waals surface area contributed by atoms with Gasteiger partial charge in [-0.05, 0) is 37.3 Å². The number of aromatic carboxylic acids is 1. The average molecular weight is 257 g/mol. The van der Waals surface area contributed by atoms with Crippen molar-refractivity contribution in [2.45, 2.75) is 13.5 Å². The summed E-state index contributed by atoms with van der Waals surface area (Å²) >= 11 is 0. The highest BCUT2D eigenvalue weighted by molar-refractivity contribution is 5.87. The summed E-state index contributed by atoms with van der Waals surface area (Å²) in [6.45, 7) is 2.45. The number of nitrogens with one attached hydrogen (secondary N) is 1. The van der Waals surface area contributed by atoms with E-state index in [2.05, 4.69) is 5.32 Å². The number of carboxylic acid groups (broad SMARTS) is 1. The van der Waals surface area contributed by atoms with Gasteiger partial charge in [-0.25, -0.2) is 4.79 Å². The number of carbonyl (C=O) groups is 1. The van der Waals surface area contributed by atoms with Crippen LogP contribution in [0.5, 0.6) is 5.75 Å². The Labute approximate surface area is 111 Å². The van der Waals surface area contributed by atoms with E-state index in [0.717, 1.165) is 16.8 Å². The molecule has 0 amide bonds. The minimum absolute atomic E-state index is 0.250. The van der Waals surface area contributed by atoms with Crippen LogP contribution in [0.2, 0.25) is 0 Å². The lowest BCUT2D eigenvalue weighted by Crippen LogP contribution is -2.01. The second-order valence-electron chi connectivity index (χ2n) is 4.37. The standard InChI is InChI=1S/C15H15NO3/c1-10-2-7-14(17)12(8-10)9-16-13-5-3-11(4-6-13)15(18)19/h2-8,16-17H,9H2,1H3,(H,18,19). The molecule has 0 spiro atoms. The molecule has 0 saturated heterocycles. The molecule has 2 aromatic carbocycles. The van der Waals surface area contributed by atoms with Gasteiger partial charge in [0.15, 0.2) is 0 Å². The van der Waals surface area contributed by atoms with Crippen LogP contribution in [-0.4, -0.2) is 16.2 Å². The molecule has 2 aromatic rings. The number of phenolic OH excluding ortho intramolecular Hbond substituents is 1. The fraction of sp³-hybridized carbons (Fsp3) is 0.133. The van der Waals surface area contributed by atoms with Crippen molar-refractivity contribution in [2.75, 3.05) is 5.32 Å². The fourth-order valence-electron chi connectivity index (χ4n) is 1.78. The molecule has 0 saturated carbocycles. The molecule has 4 heteroatoms. The molecule has 0 aliphatic rings. The largest absolute Gasteiger partial charge is 0.508 e. The van der Waals surface area contributed by atoms with E-state index >= 15 is 0 Å². The van der Waals surface area contributed by atoms with Gasteiger partial charge in [-0.2, -0.15) is 0 Å². The minimum atomic E-state index is -0.942. The molecular formula is C15H15NO3. The Morgan fingerprint density at radius 3 is 2.47 bits per heavy atom. The first-order chi connectivity index (χ1) is 9.06. The van der Waals surface area contributed by atoms with Crippen molar-refractivity contribution in [3.63, 3.8) is 0 Å². The first kappa shape index (κ1) is 13.0. The molecule has 3 N–H and O–H groups in total. The van der Waals surface area contributed by atoms with Gasteiger partial charge in [-0.1, -0.05) is 17.7 Å². The summed E-state index contributed by atoms with van der Waals surface area (Å²) in [7, 11) is 0. The summed E-state index contributed by atoms with van der Waals surface area (Å²) < 4.78 is 0. The van der Waals surface area contributed by atoms with Gasteiger partial charge in [-0.15, -0.1) is 0 Å². The normalized spacial score (nSPS) is 10.2. The summed E-state index contributed by atoms with van der Waals surface area (Å²) in [5.41, 5.74) is 2.95. The molecule has 0 heterocycles. The van der Waals surface area contributed by atoms with Crippen molar-refractivity contribution >= 4 is 11.7 Å². The number of aryl methyl sites for hydroxylation is 1. The summed E-state index contributed by atoms with van der Waals surface area (Å²) in [6.07, 6.45) is 0. The maximum atomic E-state index is 10.7. The van der Waals surface area contributed by atoms with E-state index in [1.807, 2.05) is 19.1 Å². The topological polar surface area (TPSA) is 69.6 Å². The Bertz CT molecular complexity index is 591. The summed E-state index contributed by atoms with van der Waals surface area (Å²) in [4.78, 5) is 10.7. The second kappa shape index (κ2) is 5.44. The van der Waals surface area contributed by atoms with E-state index < -0.39 is 5.97 Å². The Hall–Kier alpha value is -2.49. The third kappa shape index (κ3) is 3.25. The van der Waals surface area contributed by atoms with Crippen molar-refractivity contribution in [3.8, 4) is 5.75 Å². The van der Waals surface area contributed by atoms with E-state index in [9.17, 15) is 9.90 Å². The number of anilines is 1. The number of benzene rings is 2. The number of aromatic hydroxyl groups is 1. The summed E-state index contributed by atoms with van der Waals surface area (Å²) in [6, 6.07) is 11.9. The average Bonchev–Trinajstić information content (AvgIpc) is 2.40. The van der Waals surface area contributed by atoms with E-state index in [-0.39, 0.29) is 11.3 Å². The van der Waals surface area contributed by atoms with Crippen LogP contribution >= 0.6 is 0 Å². The Kier molecular flexibility index (Phi) is 3.71. The van der Waals surface area contributed by atoms with Crippen LogP contribution in [0.25, 0.3) is 0 Å². The van der Waals surface area contributed by atoms with Gasteiger partial charge in [0.05, 0.1) is 5.56 Å². The van der Waals surface area contributed by atoms with Crippen molar-refractivity contribution in [1.82, 2.24) is 0 Å². The van der Waals surface area contributed by atoms with Crippen molar-refractivity contribution in [2.24, 2.45) is 0 Å². The van der Waals surface area contributed by atoms with Crippen LogP contribution < -0.4 is 5.32 Å². The van der Waals surface area contributed by atoms with Crippen LogP contribution in [-0.2, 0) is 6.54 Å². The predicted molar refractivity (Wildman–Crippen MR) is 73.6 cm³/mol.